The van der Waals surface area contributed by atoms with Gasteiger partial charge in [-0.15, -0.1) is 0 Å². The van der Waals surface area contributed by atoms with Crippen LogP contribution < -0.4 is 15.4 Å². The van der Waals surface area contributed by atoms with Crippen molar-refractivity contribution in [2.24, 2.45) is 0 Å². The van der Waals surface area contributed by atoms with E-state index in [1.165, 1.54) is 19.3 Å². The van der Waals surface area contributed by atoms with E-state index >= 15 is 0 Å². The van der Waals surface area contributed by atoms with Crippen LogP contribution in [0.4, 0.5) is 4.79 Å². The molecule has 2 fully saturated rings. The lowest BCUT2D eigenvalue weighted by Crippen LogP contribution is -2.55. The highest BCUT2D eigenvalue weighted by molar-refractivity contribution is 5.77. The summed E-state index contributed by atoms with van der Waals surface area (Å²) in [6.45, 7) is 1.40. The average Bonchev–Trinajstić information content (AvgIpc) is 2.75. The van der Waals surface area contributed by atoms with Crippen LogP contribution in [0.15, 0.2) is 24.3 Å². The predicted molar refractivity (Wildman–Crippen MR) is 112 cm³/mol. The zero-order chi connectivity index (χ0) is 20.3. The van der Waals surface area contributed by atoms with Gasteiger partial charge in [0.05, 0.1) is 0 Å². The van der Waals surface area contributed by atoms with Crippen molar-refractivity contribution in [2.45, 2.75) is 75.3 Å². The SMILES string of the molecule is CNC(=O)C[C@H]1CC2(CCN(C(=O)NC3CCCCC3)CC2)Oc2ccccc21. The van der Waals surface area contributed by atoms with Crippen LogP contribution in [-0.4, -0.2) is 48.6 Å². The Morgan fingerprint density at radius 1 is 1.14 bits per heavy atom. The van der Waals surface area contributed by atoms with E-state index in [9.17, 15) is 9.59 Å². The van der Waals surface area contributed by atoms with Crippen LogP contribution in [0.5, 0.6) is 5.75 Å². The number of carbonyl (C=O) groups is 2. The Morgan fingerprint density at radius 2 is 1.86 bits per heavy atom. The maximum absolute atomic E-state index is 12.7. The third-order valence-electron chi connectivity index (χ3n) is 6.91. The van der Waals surface area contributed by atoms with Crippen LogP contribution in [0.3, 0.4) is 0 Å². The minimum Gasteiger partial charge on any atom is -0.487 e. The van der Waals surface area contributed by atoms with Crippen molar-refractivity contribution in [3.63, 3.8) is 0 Å². The molecule has 29 heavy (non-hydrogen) atoms. The number of carbonyl (C=O) groups excluding carboxylic acids is 2. The topological polar surface area (TPSA) is 70.7 Å². The fourth-order valence-corrected chi connectivity index (χ4v) is 5.19. The van der Waals surface area contributed by atoms with E-state index in [4.69, 9.17) is 4.74 Å². The van der Waals surface area contributed by atoms with E-state index in [-0.39, 0.29) is 23.5 Å². The summed E-state index contributed by atoms with van der Waals surface area (Å²) in [6.07, 6.45) is 8.85. The van der Waals surface area contributed by atoms with Crippen molar-refractivity contribution in [1.82, 2.24) is 15.5 Å². The van der Waals surface area contributed by atoms with Crippen molar-refractivity contribution >= 4 is 11.9 Å². The molecule has 1 saturated carbocycles. The third kappa shape index (κ3) is 4.51. The maximum Gasteiger partial charge on any atom is 0.317 e. The lowest BCUT2D eigenvalue weighted by atomic mass is 9.76. The van der Waals surface area contributed by atoms with Crippen LogP contribution in [0, 0.1) is 0 Å². The molecule has 1 aromatic rings. The van der Waals surface area contributed by atoms with Gasteiger partial charge in [-0.3, -0.25) is 4.79 Å². The molecule has 4 rings (SSSR count). The van der Waals surface area contributed by atoms with Gasteiger partial charge in [-0.1, -0.05) is 37.5 Å². The molecule has 6 nitrogen and oxygen atoms in total. The van der Waals surface area contributed by atoms with Crippen LogP contribution in [0.1, 0.15) is 69.3 Å². The standard InChI is InChI=1S/C23H33N3O3/c1-24-21(27)15-17-16-23(29-20-10-6-5-9-19(17)20)11-13-26(14-12-23)22(28)25-18-7-3-2-4-8-18/h5-6,9-10,17-18H,2-4,7-8,11-16H2,1H3,(H,24,27)(H,25,28)/t17-/m0/s1. The molecule has 1 spiro atoms. The summed E-state index contributed by atoms with van der Waals surface area (Å²) in [5.74, 6) is 1.11. The molecule has 0 aromatic heterocycles. The molecule has 1 aliphatic carbocycles. The molecule has 2 heterocycles. The summed E-state index contributed by atoms with van der Waals surface area (Å²) in [7, 11) is 1.69. The Morgan fingerprint density at radius 3 is 2.59 bits per heavy atom. The lowest BCUT2D eigenvalue weighted by molar-refractivity contribution is -0.121. The van der Waals surface area contributed by atoms with Crippen molar-refractivity contribution in [3.8, 4) is 5.75 Å². The van der Waals surface area contributed by atoms with Crippen LogP contribution in [0.2, 0.25) is 0 Å². The van der Waals surface area contributed by atoms with Crippen molar-refractivity contribution in [3.05, 3.63) is 29.8 Å². The smallest absolute Gasteiger partial charge is 0.317 e. The molecule has 158 valence electrons. The van der Waals surface area contributed by atoms with Crippen molar-refractivity contribution < 1.29 is 14.3 Å². The zero-order valence-electron chi connectivity index (χ0n) is 17.4. The average molecular weight is 400 g/mol. The van der Waals surface area contributed by atoms with E-state index in [1.807, 2.05) is 23.1 Å². The number of rotatable bonds is 3. The summed E-state index contributed by atoms with van der Waals surface area (Å²) in [6, 6.07) is 8.49. The molecule has 3 amide bonds. The number of nitrogens with zero attached hydrogens (tertiary/aromatic N) is 1. The zero-order valence-corrected chi connectivity index (χ0v) is 17.4. The van der Waals surface area contributed by atoms with E-state index in [1.54, 1.807) is 7.05 Å². The van der Waals surface area contributed by atoms with E-state index in [2.05, 4.69) is 16.7 Å². The van der Waals surface area contributed by atoms with Gasteiger partial charge in [0.2, 0.25) is 5.91 Å². The first-order valence-corrected chi connectivity index (χ1v) is 11.1. The largest absolute Gasteiger partial charge is 0.487 e. The molecule has 1 aromatic carbocycles. The predicted octanol–water partition coefficient (Wildman–Crippen LogP) is 3.57. The summed E-state index contributed by atoms with van der Waals surface area (Å²) < 4.78 is 6.49. The number of para-hydroxylation sites is 1. The Kier molecular flexibility index (Phi) is 5.97. The second-order valence-electron chi connectivity index (χ2n) is 8.87. The van der Waals surface area contributed by atoms with Gasteiger partial charge in [0.25, 0.3) is 0 Å². The second kappa shape index (κ2) is 8.64. The molecule has 0 unspecified atom stereocenters. The van der Waals surface area contributed by atoms with Gasteiger partial charge in [-0.2, -0.15) is 0 Å². The minimum absolute atomic E-state index is 0.0612. The molecule has 3 aliphatic rings. The Bertz CT molecular complexity index is 737. The molecular formula is C23H33N3O3. The van der Waals surface area contributed by atoms with E-state index in [0.717, 1.165) is 43.4 Å². The summed E-state index contributed by atoms with van der Waals surface area (Å²) in [5.41, 5.74) is 0.841. The molecular weight excluding hydrogens is 366 g/mol. The van der Waals surface area contributed by atoms with Gasteiger partial charge in [-0.25, -0.2) is 4.79 Å². The monoisotopic (exact) mass is 399 g/mol. The number of likely N-dealkylation sites (tertiary alicyclic amines) is 1. The normalized spacial score (nSPS) is 23.8. The van der Waals surface area contributed by atoms with Gasteiger partial charge in [0, 0.05) is 51.4 Å². The number of benzene rings is 1. The number of piperidine rings is 1. The number of fused-ring (bicyclic) bond motifs is 1. The molecule has 2 N–H and O–H groups in total. The van der Waals surface area contributed by atoms with Crippen LogP contribution in [-0.2, 0) is 4.79 Å². The quantitative estimate of drug-likeness (QED) is 0.816. The Labute approximate surface area is 173 Å². The minimum atomic E-state index is -0.283. The number of amides is 3. The lowest BCUT2D eigenvalue weighted by Gasteiger charge is -2.47. The van der Waals surface area contributed by atoms with E-state index < -0.39 is 0 Å². The number of hydrogen-bond donors (Lipinski definition) is 2. The van der Waals surface area contributed by atoms with E-state index in [0.29, 0.717) is 25.6 Å². The summed E-state index contributed by atoms with van der Waals surface area (Å²) in [5, 5.41) is 5.99. The maximum atomic E-state index is 12.7. The molecule has 0 bridgehead atoms. The first-order valence-electron chi connectivity index (χ1n) is 11.1. The Hall–Kier alpha value is -2.24. The summed E-state index contributed by atoms with van der Waals surface area (Å²) >= 11 is 0. The third-order valence-corrected chi connectivity index (χ3v) is 6.91. The van der Waals surface area contributed by atoms with Crippen molar-refractivity contribution in [2.75, 3.05) is 20.1 Å². The molecule has 1 saturated heterocycles. The first kappa shape index (κ1) is 20.0. The fraction of sp³-hybridized carbons (Fsp3) is 0.652. The molecule has 6 heteroatoms. The van der Waals surface area contributed by atoms with Crippen molar-refractivity contribution in [1.29, 1.82) is 0 Å². The number of hydrogen-bond acceptors (Lipinski definition) is 3. The highest BCUT2D eigenvalue weighted by Gasteiger charge is 2.44. The van der Waals surface area contributed by atoms with Crippen LogP contribution >= 0.6 is 0 Å². The molecule has 1 atom stereocenters. The van der Waals surface area contributed by atoms with Gasteiger partial charge < -0.3 is 20.3 Å². The molecule has 0 radical (unpaired) electrons. The number of nitrogens with one attached hydrogen (secondary N) is 2. The Balaban J connectivity index is 1.40. The van der Waals surface area contributed by atoms with Crippen LogP contribution in [0.25, 0.3) is 0 Å². The number of ether oxygens (including phenoxy) is 1. The van der Waals surface area contributed by atoms with Gasteiger partial charge in [-0.05, 0) is 30.9 Å². The second-order valence-corrected chi connectivity index (χ2v) is 8.87. The van der Waals surface area contributed by atoms with Gasteiger partial charge >= 0.3 is 6.03 Å². The summed E-state index contributed by atoms with van der Waals surface area (Å²) in [4.78, 5) is 26.7. The van der Waals surface area contributed by atoms with Gasteiger partial charge in [0.15, 0.2) is 0 Å². The van der Waals surface area contributed by atoms with Gasteiger partial charge in [0.1, 0.15) is 11.4 Å². The highest BCUT2D eigenvalue weighted by atomic mass is 16.5. The fourth-order valence-electron chi connectivity index (χ4n) is 5.19. The molecule has 2 aliphatic heterocycles. The highest BCUT2D eigenvalue weighted by Crippen LogP contribution is 2.46. The number of urea groups is 1. The first-order chi connectivity index (χ1) is 14.1.